The van der Waals surface area contributed by atoms with Crippen LogP contribution in [-0.4, -0.2) is 12.1 Å². The Kier molecular flexibility index (Phi) is 22.2. The van der Waals surface area contributed by atoms with E-state index in [1.807, 2.05) is 0 Å². The molecule has 0 saturated heterocycles. The van der Waals surface area contributed by atoms with E-state index in [0.29, 0.717) is 12.1 Å². The Labute approximate surface area is 173 Å². The highest BCUT2D eigenvalue weighted by Crippen LogP contribution is 2.13. The van der Waals surface area contributed by atoms with E-state index in [4.69, 9.17) is 0 Å². The molecule has 2 atom stereocenters. The van der Waals surface area contributed by atoms with Gasteiger partial charge in [-0.3, -0.25) is 0 Å². The van der Waals surface area contributed by atoms with E-state index < -0.39 is 0 Å². The van der Waals surface area contributed by atoms with Gasteiger partial charge in [0, 0.05) is 12.1 Å². The van der Waals surface area contributed by atoms with E-state index in [-0.39, 0.29) is 0 Å². The molecular formula is C26H55N. The van der Waals surface area contributed by atoms with Gasteiger partial charge in [0.15, 0.2) is 0 Å². The first-order valence-electron chi connectivity index (χ1n) is 13.0. The molecule has 1 nitrogen and oxygen atoms in total. The average molecular weight is 382 g/mol. The lowest BCUT2D eigenvalue weighted by atomic mass is 10.0. The molecule has 1 heteroatoms. The Morgan fingerprint density at radius 2 is 0.667 bits per heavy atom. The number of nitrogens with one attached hydrogen (secondary N) is 1. The third-order valence-corrected chi connectivity index (χ3v) is 6.05. The maximum Gasteiger partial charge on any atom is 0.00412 e. The van der Waals surface area contributed by atoms with Crippen molar-refractivity contribution in [2.45, 2.75) is 168 Å². The third-order valence-electron chi connectivity index (χ3n) is 6.05. The maximum atomic E-state index is 3.83. The lowest BCUT2D eigenvalue weighted by Crippen LogP contribution is -2.34. The summed E-state index contributed by atoms with van der Waals surface area (Å²) in [5.41, 5.74) is 0. The Balaban J connectivity index is 3.30. The summed E-state index contributed by atoms with van der Waals surface area (Å²) in [6.45, 7) is 9.37. The molecule has 0 rings (SSSR count). The van der Waals surface area contributed by atoms with Crippen LogP contribution in [0.5, 0.6) is 0 Å². The Morgan fingerprint density at radius 3 is 0.963 bits per heavy atom. The molecule has 2 unspecified atom stereocenters. The molecule has 0 amide bonds. The second-order valence-corrected chi connectivity index (χ2v) is 9.20. The zero-order chi connectivity index (χ0) is 20.0. The first kappa shape index (κ1) is 27.0. The van der Waals surface area contributed by atoms with E-state index in [2.05, 4.69) is 33.0 Å². The Bertz CT molecular complexity index is 237. The molecule has 0 aromatic heterocycles. The highest BCUT2D eigenvalue weighted by Gasteiger charge is 2.07. The fourth-order valence-electron chi connectivity index (χ4n) is 4.17. The van der Waals surface area contributed by atoms with Crippen molar-refractivity contribution in [1.29, 1.82) is 0 Å². The molecule has 0 radical (unpaired) electrons. The summed E-state index contributed by atoms with van der Waals surface area (Å²) in [4.78, 5) is 0. The predicted molar refractivity (Wildman–Crippen MR) is 126 cm³/mol. The van der Waals surface area contributed by atoms with Crippen LogP contribution in [0, 0.1) is 0 Å². The van der Waals surface area contributed by atoms with E-state index in [9.17, 15) is 0 Å². The summed E-state index contributed by atoms with van der Waals surface area (Å²) in [6.07, 6.45) is 28.6. The topological polar surface area (TPSA) is 12.0 Å². The minimum atomic E-state index is 0.697. The molecular weight excluding hydrogens is 326 g/mol. The van der Waals surface area contributed by atoms with Crippen LogP contribution >= 0.6 is 0 Å². The summed E-state index contributed by atoms with van der Waals surface area (Å²) < 4.78 is 0. The van der Waals surface area contributed by atoms with Crippen molar-refractivity contribution in [3.05, 3.63) is 0 Å². The first-order chi connectivity index (χ1) is 13.2. The predicted octanol–water partition coefficient (Wildman–Crippen LogP) is 9.19. The maximum absolute atomic E-state index is 3.83. The highest BCUT2D eigenvalue weighted by molar-refractivity contribution is 4.68. The van der Waals surface area contributed by atoms with Crippen LogP contribution in [0.25, 0.3) is 0 Å². The lowest BCUT2D eigenvalue weighted by molar-refractivity contribution is 0.402. The quantitative estimate of drug-likeness (QED) is 0.184. The van der Waals surface area contributed by atoms with Gasteiger partial charge in [-0.05, 0) is 26.7 Å². The Hall–Kier alpha value is -0.0400. The van der Waals surface area contributed by atoms with Crippen LogP contribution in [0.1, 0.15) is 156 Å². The zero-order valence-corrected chi connectivity index (χ0v) is 19.8. The second kappa shape index (κ2) is 22.3. The van der Waals surface area contributed by atoms with Gasteiger partial charge >= 0.3 is 0 Å². The molecule has 0 aliphatic carbocycles. The van der Waals surface area contributed by atoms with E-state index in [1.54, 1.807) is 0 Å². The van der Waals surface area contributed by atoms with Gasteiger partial charge in [-0.2, -0.15) is 0 Å². The van der Waals surface area contributed by atoms with Gasteiger partial charge in [0.05, 0.1) is 0 Å². The van der Waals surface area contributed by atoms with Crippen molar-refractivity contribution in [2.24, 2.45) is 0 Å². The zero-order valence-electron chi connectivity index (χ0n) is 19.8. The lowest BCUT2D eigenvalue weighted by Gasteiger charge is -2.20. The molecule has 0 heterocycles. The molecule has 0 aliphatic heterocycles. The average Bonchev–Trinajstić information content (AvgIpc) is 2.65. The summed E-state index contributed by atoms with van der Waals surface area (Å²) in [5, 5.41) is 3.83. The van der Waals surface area contributed by atoms with Gasteiger partial charge in [0.25, 0.3) is 0 Å². The van der Waals surface area contributed by atoms with E-state index in [1.165, 1.54) is 128 Å². The van der Waals surface area contributed by atoms with Crippen molar-refractivity contribution in [1.82, 2.24) is 5.32 Å². The normalized spacial score (nSPS) is 13.8. The van der Waals surface area contributed by atoms with Crippen LogP contribution in [0.15, 0.2) is 0 Å². The van der Waals surface area contributed by atoms with Gasteiger partial charge in [-0.1, -0.05) is 129 Å². The minimum Gasteiger partial charge on any atom is -0.312 e. The largest absolute Gasteiger partial charge is 0.312 e. The second-order valence-electron chi connectivity index (χ2n) is 9.20. The summed E-state index contributed by atoms with van der Waals surface area (Å²) >= 11 is 0. The van der Waals surface area contributed by atoms with Crippen molar-refractivity contribution in [3.63, 3.8) is 0 Å². The standard InChI is InChI=1S/C26H55N/c1-5-7-9-11-13-15-17-19-21-23-25(3)27-26(4)24-22-20-18-16-14-12-10-8-6-2/h25-27H,5-24H2,1-4H3. The van der Waals surface area contributed by atoms with Crippen molar-refractivity contribution in [2.75, 3.05) is 0 Å². The van der Waals surface area contributed by atoms with Gasteiger partial charge in [0.1, 0.15) is 0 Å². The van der Waals surface area contributed by atoms with E-state index >= 15 is 0 Å². The molecule has 0 aromatic rings. The molecule has 164 valence electrons. The fourth-order valence-corrected chi connectivity index (χ4v) is 4.17. The third kappa shape index (κ3) is 22.1. The van der Waals surface area contributed by atoms with Crippen molar-refractivity contribution >= 4 is 0 Å². The molecule has 0 saturated carbocycles. The molecule has 0 fully saturated rings. The van der Waals surface area contributed by atoms with Crippen LogP contribution in [0.4, 0.5) is 0 Å². The van der Waals surface area contributed by atoms with Crippen molar-refractivity contribution < 1.29 is 0 Å². The summed E-state index contributed by atoms with van der Waals surface area (Å²) in [6, 6.07) is 1.39. The minimum absolute atomic E-state index is 0.697. The number of hydrogen-bond donors (Lipinski definition) is 1. The van der Waals surface area contributed by atoms with Crippen molar-refractivity contribution in [3.8, 4) is 0 Å². The van der Waals surface area contributed by atoms with Gasteiger partial charge in [-0.15, -0.1) is 0 Å². The highest BCUT2D eigenvalue weighted by atomic mass is 14.9. The molecule has 0 spiro atoms. The molecule has 1 N–H and O–H groups in total. The monoisotopic (exact) mass is 381 g/mol. The van der Waals surface area contributed by atoms with Gasteiger partial charge in [0.2, 0.25) is 0 Å². The fraction of sp³-hybridized carbons (Fsp3) is 1.00. The van der Waals surface area contributed by atoms with E-state index in [0.717, 1.165) is 0 Å². The number of unbranched alkanes of at least 4 members (excludes halogenated alkanes) is 16. The van der Waals surface area contributed by atoms with Gasteiger partial charge in [-0.25, -0.2) is 0 Å². The van der Waals surface area contributed by atoms with Gasteiger partial charge < -0.3 is 5.32 Å². The summed E-state index contributed by atoms with van der Waals surface area (Å²) in [7, 11) is 0. The number of rotatable bonds is 22. The van der Waals surface area contributed by atoms with Crippen LogP contribution in [0.2, 0.25) is 0 Å². The molecule has 0 aromatic carbocycles. The molecule has 27 heavy (non-hydrogen) atoms. The number of hydrogen-bond acceptors (Lipinski definition) is 1. The summed E-state index contributed by atoms with van der Waals surface area (Å²) in [5.74, 6) is 0. The molecule has 0 bridgehead atoms. The smallest absolute Gasteiger partial charge is 0.00412 e. The Morgan fingerprint density at radius 1 is 0.407 bits per heavy atom. The molecule has 0 aliphatic rings. The van der Waals surface area contributed by atoms with Crippen LogP contribution in [0.3, 0.4) is 0 Å². The van der Waals surface area contributed by atoms with Crippen LogP contribution in [-0.2, 0) is 0 Å². The first-order valence-corrected chi connectivity index (χ1v) is 13.0. The van der Waals surface area contributed by atoms with Crippen LogP contribution < -0.4 is 5.32 Å². The SMILES string of the molecule is CCCCCCCCCCCC(C)NC(C)CCCCCCCCCCC.